The van der Waals surface area contributed by atoms with Crippen LogP contribution in [0.3, 0.4) is 0 Å². The lowest BCUT2D eigenvalue weighted by Crippen LogP contribution is -2.42. The van der Waals surface area contributed by atoms with Crippen LogP contribution in [0, 0.1) is 5.92 Å². The summed E-state index contributed by atoms with van der Waals surface area (Å²) >= 11 is 1.85. The summed E-state index contributed by atoms with van der Waals surface area (Å²) in [5.74, 6) is 1.48. The molecule has 1 saturated heterocycles. The van der Waals surface area contributed by atoms with Gasteiger partial charge in [-0.3, -0.25) is 9.89 Å². The highest BCUT2D eigenvalue weighted by atomic mass is 32.1. The van der Waals surface area contributed by atoms with Gasteiger partial charge in [-0.2, -0.15) is 0 Å². The van der Waals surface area contributed by atoms with Crippen LogP contribution in [0.15, 0.2) is 22.5 Å². The Kier molecular flexibility index (Phi) is 9.29. The van der Waals surface area contributed by atoms with E-state index < -0.39 is 0 Å². The number of nitrogens with zero attached hydrogens (tertiary/aromatic N) is 2. The monoisotopic (exact) mass is 366 g/mol. The molecule has 5 nitrogen and oxygen atoms in total. The Morgan fingerprint density at radius 2 is 2.12 bits per heavy atom. The predicted molar refractivity (Wildman–Crippen MR) is 108 cm³/mol. The minimum absolute atomic E-state index is 0.440. The maximum Gasteiger partial charge on any atom is 0.191 e. The van der Waals surface area contributed by atoms with E-state index in [1.54, 1.807) is 0 Å². The van der Waals surface area contributed by atoms with Crippen molar-refractivity contribution in [3.05, 3.63) is 22.4 Å². The lowest BCUT2D eigenvalue weighted by molar-refractivity contribution is 0.108. The maximum atomic E-state index is 5.62. The first-order valence-electron chi connectivity index (χ1n) is 9.50. The molecule has 1 fully saturated rings. The summed E-state index contributed by atoms with van der Waals surface area (Å²) in [5, 5.41) is 9.07. The molecular formula is C19H34N4OS. The Hall–Kier alpha value is -1.11. The molecule has 142 valence electrons. The van der Waals surface area contributed by atoms with Gasteiger partial charge >= 0.3 is 0 Å². The van der Waals surface area contributed by atoms with E-state index in [9.17, 15) is 0 Å². The second-order valence-electron chi connectivity index (χ2n) is 6.98. The topological polar surface area (TPSA) is 48.9 Å². The molecule has 25 heavy (non-hydrogen) atoms. The molecule has 0 radical (unpaired) electrons. The van der Waals surface area contributed by atoms with Crippen LogP contribution in [0.2, 0.25) is 0 Å². The van der Waals surface area contributed by atoms with E-state index in [1.807, 2.05) is 18.4 Å². The molecule has 1 aromatic heterocycles. The fraction of sp³-hybridized carbons (Fsp3) is 0.737. The van der Waals surface area contributed by atoms with Crippen LogP contribution in [0.1, 0.15) is 44.0 Å². The Balaban J connectivity index is 1.72. The van der Waals surface area contributed by atoms with Crippen molar-refractivity contribution in [1.29, 1.82) is 0 Å². The number of aliphatic imine (C=N–C) groups is 1. The Labute approximate surface area is 156 Å². The fourth-order valence-electron chi connectivity index (χ4n) is 3.06. The highest BCUT2D eigenvalue weighted by Crippen LogP contribution is 2.27. The summed E-state index contributed by atoms with van der Waals surface area (Å²) in [6.07, 6.45) is 3.62. The summed E-state index contributed by atoms with van der Waals surface area (Å²) in [6.45, 7) is 10.2. The summed E-state index contributed by atoms with van der Waals surface area (Å²) in [7, 11) is 1.83. The Morgan fingerprint density at radius 1 is 1.32 bits per heavy atom. The van der Waals surface area contributed by atoms with E-state index in [0.29, 0.717) is 12.0 Å². The van der Waals surface area contributed by atoms with Crippen molar-refractivity contribution in [2.45, 2.75) is 39.2 Å². The molecule has 2 heterocycles. The van der Waals surface area contributed by atoms with Crippen molar-refractivity contribution in [1.82, 2.24) is 15.5 Å². The normalized spacial score (nSPS) is 17.2. The minimum Gasteiger partial charge on any atom is -0.381 e. The first-order chi connectivity index (χ1) is 12.2. The smallest absolute Gasteiger partial charge is 0.191 e. The van der Waals surface area contributed by atoms with Gasteiger partial charge < -0.3 is 15.4 Å². The molecule has 0 spiro atoms. The van der Waals surface area contributed by atoms with Crippen molar-refractivity contribution in [3.8, 4) is 0 Å². The molecule has 1 aliphatic rings. The van der Waals surface area contributed by atoms with E-state index in [-0.39, 0.29) is 0 Å². The molecule has 2 rings (SSSR count). The van der Waals surface area contributed by atoms with Crippen LogP contribution in [-0.2, 0) is 4.74 Å². The number of hydrogen-bond donors (Lipinski definition) is 2. The van der Waals surface area contributed by atoms with Crippen LogP contribution in [0.25, 0.3) is 0 Å². The third-order valence-electron chi connectivity index (χ3n) is 4.35. The zero-order chi connectivity index (χ0) is 17.9. The first-order valence-corrected chi connectivity index (χ1v) is 10.4. The lowest BCUT2D eigenvalue weighted by Gasteiger charge is -2.27. The molecular weight excluding hydrogens is 332 g/mol. The quantitative estimate of drug-likeness (QED) is 0.379. The number of nitrogens with one attached hydrogen (secondary N) is 2. The molecule has 0 amide bonds. The Bertz CT molecular complexity index is 484. The summed E-state index contributed by atoms with van der Waals surface area (Å²) < 4.78 is 5.62. The molecule has 6 heteroatoms. The van der Waals surface area contributed by atoms with Gasteiger partial charge in [-0.05, 0) is 49.7 Å². The van der Waals surface area contributed by atoms with E-state index in [1.165, 1.54) is 30.8 Å². The van der Waals surface area contributed by atoms with Crippen molar-refractivity contribution in [2.75, 3.05) is 46.4 Å². The number of thiophene rings is 1. The number of likely N-dealkylation sites (tertiary alicyclic amines) is 1. The van der Waals surface area contributed by atoms with E-state index in [0.717, 1.165) is 38.7 Å². The van der Waals surface area contributed by atoms with Gasteiger partial charge in [-0.15, -0.1) is 11.3 Å². The van der Waals surface area contributed by atoms with Crippen molar-refractivity contribution in [2.24, 2.45) is 10.9 Å². The molecule has 1 aromatic rings. The molecule has 2 N–H and O–H groups in total. The first kappa shape index (κ1) is 20.2. The number of hydrogen-bond acceptors (Lipinski definition) is 4. The van der Waals surface area contributed by atoms with Crippen molar-refractivity contribution >= 4 is 17.3 Å². The minimum atomic E-state index is 0.440. The van der Waals surface area contributed by atoms with E-state index in [2.05, 4.69) is 51.9 Å². The number of ether oxygens (including phenoxy) is 1. The standard InChI is InChI=1S/C19H34N4OS/c1-16(2)15-24-12-7-9-21-19(20-3)22-14-17(18-8-6-13-25-18)23-10-4-5-11-23/h6,8,13,16-17H,4-5,7,9-12,14-15H2,1-3H3,(H2,20,21,22). The van der Waals surface area contributed by atoms with Gasteiger partial charge in [0.2, 0.25) is 0 Å². The molecule has 1 unspecified atom stereocenters. The predicted octanol–water partition coefficient (Wildman–Crippen LogP) is 3.11. The van der Waals surface area contributed by atoms with E-state index in [4.69, 9.17) is 4.74 Å². The fourth-order valence-corrected chi connectivity index (χ4v) is 3.92. The average Bonchev–Trinajstić information content (AvgIpc) is 3.30. The zero-order valence-corrected chi connectivity index (χ0v) is 16.8. The van der Waals surface area contributed by atoms with Gasteiger partial charge in [0.05, 0.1) is 6.04 Å². The van der Waals surface area contributed by atoms with Crippen molar-refractivity contribution in [3.63, 3.8) is 0 Å². The van der Waals surface area contributed by atoms with Gasteiger partial charge in [0.25, 0.3) is 0 Å². The third-order valence-corrected chi connectivity index (χ3v) is 5.32. The number of guanidine groups is 1. The molecule has 0 bridgehead atoms. The summed E-state index contributed by atoms with van der Waals surface area (Å²) in [4.78, 5) is 8.38. The maximum absolute atomic E-state index is 5.62. The Morgan fingerprint density at radius 3 is 2.76 bits per heavy atom. The van der Waals surface area contributed by atoms with Crippen LogP contribution >= 0.6 is 11.3 Å². The van der Waals surface area contributed by atoms with Gasteiger partial charge in [0, 0.05) is 38.2 Å². The number of rotatable bonds is 10. The molecule has 0 saturated carbocycles. The van der Waals surface area contributed by atoms with Gasteiger partial charge in [0.15, 0.2) is 5.96 Å². The van der Waals surface area contributed by atoms with Gasteiger partial charge in [-0.1, -0.05) is 19.9 Å². The van der Waals surface area contributed by atoms with Crippen LogP contribution in [0.4, 0.5) is 0 Å². The van der Waals surface area contributed by atoms with Crippen LogP contribution < -0.4 is 10.6 Å². The van der Waals surface area contributed by atoms with Crippen molar-refractivity contribution < 1.29 is 4.74 Å². The molecule has 1 aliphatic heterocycles. The summed E-state index contributed by atoms with van der Waals surface area (Å²) in [5.41, 5.74) is 0. The molecule has 0 aromatic carbocycles. The van der Waals surface area contributed by atoms with E-state index >= 15 is 0 Å². The second kappa shape index (κ2) is 11.5. The average molecular weight is 367 g/mol. The van der Waals surface area contributed by atoms with Crippen LogP contribution in [0.5, 0.6) is 0 Å². The second-order valence-corrected chi connectivity index (χ2v) is 7.96. The molecule has 0 aliphatic carbocycles. The van der Waals surface area contributed by atoms with Crippen LogP contribution in [-0.4, -0.2) is 57.3 Å². The summed E-state index contributed by atoms with van der Waals surface area (Å²) in [6, 6.07) is 4.83. The SMILES string of the molecule is CN=C(NCCCOCC(C)C)NCC(c1cccs1)N1CCCC1. The largest absolute Gasteiger partial charge is 0.381 e. The third kappa shape index (κ3) is 7.34. The highest BCUT2D eigenvalue weighted by molar-refractivity contribution is 7.10. The molecule has 1 atom stereocenters. The van der Waals surface area contributed by atoms with Gasteiger partial charge in [-0.25, -0.2) is 0 Å². The zero-order valence-electron chi connectivity index (χ0n) is 16.0. The lowest BCUT2D eigenvalue weighted by atomic mass is 10.2. The highest BCUT2D eigenvalue weighted by Gasteiger charge is 2.24. The van der Waals surface area contributed by atoms with Gasteiger partial charge in [0.1, 0.15) is 0 Å².